The van der Waals surface area contributed by atoms with Gasteiger partial charge < -0.3 is 29.8 Å². The number of aliphatic carboxylic acids is 1. The summed E-state index contributed by atoms with van der Waals surface area (Å²) in [6.45, 7) is -0.108. The van der Waals surface area contributed by atoms with Gasteiger partial charge in [-0.1, -0.05) is 36.4 Å². The highest BCUT2D eigenvalue weighted by molar-refractivity contribution is 6.50. The fraction of sp³-hybridized carbons (Fsp3) is 0.276. The van der Waals surface area contributed by atoms with Crippen LogP contribution in [0.5, 0.6) is 0 Å². The second-order valence-electron chi connectivity index (χ2n) is 10.1. The Hall–Kier alpha value is -4.46. The van der Waals surface area contributed by atoms with Crippen LogP contribution in [-0.2, 0) is 26.2 Å². The van der Waals surface area contributed by atoms with E-state index in [1.54, 1.807) is 0 Å². The maximum absolute atomic E-state index is 13.2. The van der Waals surface area contributed by atoms with Crippen LogP contribution in [0, 0.1) is 0 Å². The highest BCUT2D eigenvalue weighted by atomic mass is 19.4. The van der Waals surface area contributed by atoms with Gasteiger partial charge in [0.1, 0.15) is 6.23 Å². The van der Waals surface area contributed by atoms with E-state index >= 15 is 0 Å². The molecule has 0 radical (unpaired) electrons. The first-order chi connectivity index (χ1) is 19.9. The van der Waals surface area contributed by atoms with Crippen LogP contribution in [0.15, 0.2) is 60.9 Å². The molecule has 4 heterocycles. The van der Waals surface area contributed by atoms with Crippen molar-refractivity contribution in [2.45, 2.75) is 37.4 Å². The first-order valence-corrected chi connectivity index (χ1v) is 13.0. The number of aromatic nitrogens is 2. The SMILES string of the molecule is Cn1cc(C2=C(c3cn([C@H]4C[C@@H](N)C[C@@H](CO)O4)c4ccccc34)C(=O)NC2=O)c2ccccc21.O=C(O)C(F)(F)F. The van der Waals surface area contributed by atoms with Crippen LogP contribution in [0.3, 0.4) is 0 Å². The van der Waals surface area contributed by atoms with Crippen molar-refractivity contribution in [2.75, 3.05) is 6.61 Å². The van der Waals surface area contributed by atoms with Gasteiger partial charge in [0.25, 0.3) is 11.8 Å². The molecule has 2 amide bonds. The summed E-state index contributed by atoms with van der Waals surface area (Å²) in [4.78, 5) is 35.2. The second-order valence-corrected chi connectivity index (χ2v) is 10.1. The number of halogens is 3. The van der Waals surface area contributed by atoms with Crippen molar-refractivity contribution in [3.63, 3.8) is 0 Å². The Morgan fingerprint density at radius 2 is 1.50 bits per heavy atom. The Bertz CT molecular complexity index is 1740. The van der Waals surface area contributed by atoms with Crippen LogP contribution in [0.25, 0.3) is 33.0 Å². The lowest BCUT2D eigenvalue weighted by Crippen LogP contribution is -2.39. The van der Waals surface area contributed by atoms with E-state index in [9.17, 15) is 27.9 Å². The summed E-state index contributed by atoms with van der Waals surface area (Å²) < 4.78 is 41.8. The number of carbonyl (C=O) groups is 3. The van der Waals surface area contributed by atoms with Crippen molar-refractivity contribution in [3.05, 3.63) is 72.1 Å². The smallest absolute Gasteiger partial charge is 0.475 e. The van der Waals surface area contributed by atoms with E-state index in [1.807, 2.05) is 77.1 Å². The van der Waals surface area contributed by atoms with Gasteiger partial charge in [-0.3, -0.25) is 14.9 Å². The number of carboxylic acids is 1. The number of nitrogens with zero attached hydrogens (tertiary/aromatic N) is 2. The zero-order chi connectivity index (χ0) is 30.3. The predicted molar refractivity (Wildman–Crippen MR) is 147 cm³/mol. The number of hydrogen-bond acceptors (Lipinski definition) is 6. The molecule has 0 aliphatic carbocycles. The number of ether oxygens (including phenoxy) is 1. The van der Waals surface area contributed by atoms with E-state index in [-0.39, 0.29) is 18.8 Å². The maximum Gasteiger partial charge on any atom is 0.490 e. The quantitative estimate of drug-likeness (QED) is 0.269. The predicted octanol–water partition coefficient (Wildman–Crippen LogP) is 3.33. The number of amides is 2. The van der Waals surface area contributed by atoms with E-state index in [4.69, 9.17) is 20.4 Å². The number of carboxylic acid groups (broad SMARTS) is 1. The Balaban J connectivity index is 0.000000451. The molecule has 1 saturated heterocycles. The molecule has 5 N–H and O–H groups in total. The molecule has 2 aliphatic heterocycles. The number of fused-ring (bicyclic) bond motifs is 2. The molecule has 42 heavy (non-hydrogen) atoms. The largest absolute Gasteiger partial charge is 0.490 e. The summed E-state index contributed by atoms with van der Waals surface area (Å²) in [5, 5.41) is 21.1. The Morgan fingerprint density at radius 1 is 0.976 bits per heavy atom. The van der Waals surface area contributed by atoms with Gasteiger partial charge in [-0.2, -0.15) is 13.2 Å². The van der Waals surface area contributed by atoms with Crippen molar-refractivity contribution in [3.8, 4) is 0 Å². The van der Waals surface area contributed by atoms with Crippen molar-refractivity contribution >= 4 is 50.7 Å². The number of imide groups is 1. The minimum absolute atomic E-state index is 0.108. The molecule has 3 atom stereocenters. The van der Waals surface area contributed by atoms with Crippen LogP contribution < -0.4 is 11.1 Å². The van der Waals surface area contributed by atoms with E-state index in [1.165, 1.54) is 0 Å². The number of nitrogens with one attached hydrogen (secondary N) is 1. The number of para-hydroxylation sites is 2. The first kappa shape index (κ1) is 29.0. The zero-order valence-corrected chi connectivity index (χ0v) is 22.3. The number of alkyl halides is 3. The standard InChI is InChI=1S/C27H26N4O4.C2HF3O2/c1-30-12-19(17-6-2-4-8-21(17)30)24-25(27(34)29-26(24)33)20-13-31(22-9-5-3-7-18(20)22)23-11-15(28)10-16(14-32)35-23;3-2(4,5)1(6)7/h2-9,12-13,15-16,23,32H,10-11,14,28H2,1H3,(H,29,33,34);(H,6,7)/t15-,16-,23+;/m0./s1. The normalized spacial score (nSPS) is 21.0. The molecule has 2 aliphatic rings. The van der Waals surface area contributed by atoms with Crippen LogP contribution >= 0.6 is 0 Å². The molecule has 0 spiro atoms. The molecule has 2 aromatic heterocycles. The van der Waals surface area contributed by atoms with Crippen LogP contribution in [-0.4, -0.2) is 62.1 Å². The summed E-state index contributed by atoms with van der Waals surface area (Å²) in [7, 11) is 1.92. The van der Waals surface area contributed by atoms with Crippen molar-refractivity contribution in [1.29, 1.82) is 0 Å². The molecule has 6 rings (SSSR count). The Labute approximate surface area is 236 Å². The number of aryl methyl sites for hydroxylation is 1. The fourth-order valence-electron chi connectivity index (χ4n) is 5.48. The number of benzene rings is 2. The van der Waals surface area contributed by atoms with Gasteiger partial charge in [-0.15, -0.1) is 0 Å². The van der Waals surface area contributed by atoms with Gasteiger partial charge in [0.2, 0.25) is 0 Å². The number of carbonyl (C=O) groups excluding carboxylic acids is 2. The molecule has 0 saturated carbocycles. The molecule has 13 heteroatoms. The molecule has 220 valence electrons. The first-order valence-electron chi connectivity index (χ1n) is 13.0. The van der Waals surface area contributed by atoms with Crippen molar-refractivity contribution in [1.82, 2.24) is 14.5 Å². The monoisotopic (exact) mass is 584 g/mol. The van der Waals surface area contributed by atoms with Crippen molar-refractivity contribution < 1.29 is 42.5 Å². The minimum atomic E-state index is -5.08. The van der Waals surface area contributed by atoms with Gasteiger partial charge in [0.05, 0.1) is 29.4 Å². The molecule has 0 bridgehead atoms. The van der Waals surface area contributed by atoms with E-state index < -0.39 is 30.2 Å². The summed E-state index contributed by atoms with van der Waals surface area (Å²) in [6, 6.07) is 15.4. The summed E-state index contributed by atoms with van der Waals surface area (Å²) in [5.41, 5.74) is 10.2. The molecule has 1 fully saturated rings. The second kappa shape index (κ2) is 11.1. The highest BCUT2D eigenvalue weighted by Crippen LogP contribution is 2.40. The lowest BCUT2D eigenvalue weighted by Gasteiger charge is -2.34. The van der Waals surface area contributed by atoms with Gasteiger partial charge in [0, 0.05) is 59.3 Å². The third-order valence-electron chi connectivity index (χ3n) is 7.28. The van der Waals surface area contributed by atoms with Crippen LogP contribution in [0.2, 0.25) is 0 Å². The summed E-state index contributed by atoms with van der Waals surface area (Å²) >= 11 is 0. The average molecular weight is 585 g/mol. The molecular formula is C29H27F3N4O6. The number of hydrogen-bond donors (Lipinski definition) is 4. The fourth-order valence-corrected chi connectivity index (χ4v) is 5.48. The zero-order valence-electron chi connectivity index (χ0n) is 22.3. The van der Waals surface area contributed by atoms with E-state index in [2.05, 4.69) is 5.32 Å². The van der Waals surface area contributed by atoms with Gasteiger partial charge in [-0.05, 0) is 18.6 Å². The summed E-state index contributed by atoms with van der Waals surface area (Å²) in [6.07, 6.45) is -0.889. The Morgan fingerprint density at radius 3 is 2.07 bits per heavy atom. The van der Waals surface area contributed by atoms with Crippen molar-refractivity contribution in [2.24, 2.45) is 12.8 Å². The lowest BCUT2D eigenvalue weighted by molar-refractivity contribution is -0.192. The van der Waals surface area contributed by atoms with Crippen LogP contribution in [0.4, 0.5) is 13.2 Å². The van der Waals surface area contributed by atoms with E-state index in [0.29, 0.717) is 29.6 Å². The third kappa shape index (κ3) is 5.29. The van der Waals surface area contributed by atoms with E-state index in [0.717, 1.165) is 27.4 Å². The molecular weight excluding hydrogens is 557 g/mol. The van der Waals surface area contributed by atoms with Gasteiger partial charge >= 0.3 is 12.1 Å². The minimum Gasteiger partial charge on any atom is -0.475 e. The number of aliphatic hydroxyl groups is 1. The number of aliphatic hydroxyl groups excluding tert-OH is 1. The van der Waals surface area contributed by atoms with Gasteiger partial charge in [0.15, 0.2) is 0 Å². The molecule has 0 unspecified atom stereocenters. The highest BCUT2D eigenvalue weighted by Gasteiger charge is 2.38. The lowest BCUT2D eigenvalue weighted by atomic mass is 9.95. The molecule has 4 aromatic rings. The maximum atomic E-state index is 13.2. The van der Waals surface area contributed by atoms with Gasteiger partial charge in [-0.25, -0.2) is 4.79 Å². The Kier molecular flexibility index (Phi) is 7.66. The molecule has 10 nitrogen and oxygen atoms in total. The average Bonchev–Trinajstić information content (AvgIpc) is 3.58. The number of rotatable bonds is 4. The van der Waals surface area contributed by atoms with Crippen LogP contribution in [0.1, 0.15) is 30.2 Å². The molecule has 2 aromatic carbocycles. The topological polar surface area (TPSA) is 149 Å². The third-order valence-corrected chi connectivity index (χ3v) is 7.28. The number of nitrogens with two attached hydrogens (primary N) is 1. The summed E-state index contributed by atoms with van der Waals surface area (Å²) in [5.74, 6) is -3.59.